The topological polar surface area (TPSA) is 19.0 Å². The minimum absolute atomic E-state index is 0.333. The fraction of sp³-hybridized carbons (Fsp3) is 0.360. The number of aromatic amines is 1. The Labute approximate surface area is 161 Å². The Bertz CT molecular complexity index is 955. The van der Waals surface area contributed by atoms with Crippen molar-refractivity contribution in [1.82, 2.24) is 9.88 Å². The monoisotopic (exact) mass is 356 g/mol. The van der Waals surface area contributed by atoms with Crippen molar-refractivity contribution < 1.29 is 0 Å². The molecule has 3 unspecified atom stereocenters. The van der Waals surface area contributed by atoms with Crippen molar-refractivity contribution in [3.63, 3.8) is 0 Å². The lowest BCUT2D eigenvalue weighted by molar-refractivity contribution is 0.0194. The quantitative estimate of drug-likeness (QED) is 0.621. The van der Waals surface area contributed by atoms with Crippen molar-refractivity contribution in [3.05, 3.63) is 84.1 Å². The number of piperidine rings is 1. The molecule has 138 valence electrons. The van der Waals surface area contributed by atoms with E-state index >= 15 is 0 Å². The second-order valence-corrected chi connectivity index (χ2v) is 8.71. The molecule has 2 bridgehead atoms. The number of benzene rings is 2. The minimum atomic E-state index is 0.333. The summed E-state index contributed by atoms with van der Waals surface area (Å²) in [6.07, 6.45) is 10.8. The summed E-state index contributed by atoms with van der Waals surface area (Å²) in [5.74, 6) is 0.701. The van der Waals surface area contributed by atoms with E-state index in [2.05, 4.69) is 89.8 Å². The van der Waals surface area contributed by atoms with E-state index in [1.165, 1.54) is 41.4 Å². The van der Waals surface area contributed by atoms with Gasteiger partial charge in [-0.05, 0) is 47.8 Å². The molecule has 2 nitrogen and oxygen atoms in total. The second-order valence-electron chi connectivity index (χ2n) is 8.71. The summed E-state index contributed by atoms with van der Waals surface area (Å²) in [5.41, 5.74) is 4.50. The van der Waals surface area contributed by atoms with Crippen molar-refractivity contribution in [2.75, 3.05) is 13.1 Å². The Kier molecular flexibility index (Phi) is 4.17. The first-order chi connectivity index (χ1) is 13.2. The van der Waals surface area contributed by atoms with Crippen molar-refractivity contribution in [3.8, 4) is 0 Å². The van der Waals surface area contributed by atoms with Crippen LogP contribution in [0.15, 0.2) is 72.9 Å². The highest BCUT2D eigenvalue weighted by Gasteiger charge is 2.45. The zero-order valence-corrected chi connectivity index (χ0v) is 16.1. The SMILES string of the molecule is CC1(Cc2ccccc2)CC2C=CC1N(CCc1c[nH]c3ccccc13)C2. The first-order valence-corrected chi connectivity index (χ1v) is 10.2. The van der Waals surface area contributed by atoms with Gasteiger partial charge < -0.3 is 4.98 Å². The number of rotatable bonds is 5. The van der Waals surface area contributed by atoms with Crippen LogP contribution in [0.2, 0.25) is 0 Å². The molecule has 0 saturated carbocycles. The third kappa shape index (κ3) is 3.12. The minimum Gasteiger partial charge on any atom is -0.361 e. The molecule has 3 heterocycles. The fourth-order valence-corrected chi connectivity index (χ4v) is 5.46. The van der Waals surface area contributed by atoms with Crippen LogP contribution >= 0.6 is 0 Å². The maximum atomic E-state index is 3.43. The summed E-state index contributed by atoms with van der Waals surface area (Å²) in [6.45, 7) is 4.85. The number of fused-ring (bicyclic) bond motifs is 3. The van der Waals surface area contributed by atoms with Gasteiger partial charge in [0.2, 0.25) is 0 Å². The van der Waals surface area contributed by atoms with Crippen LogP contribution in [0.1, 0.15) is 24.5 Å². The Balaban J connectivity index is 1.34. The van der Waals surface area contributed by atoms with Gasteiger partial charge in [-0.15, -0.1) is 0 Å². The molecule has 1 saturated heterocycles. The number of aromatic nitrogens is 1. The van der Waals surface area contributed by atoms with E-state index in [4.69, 9.17) is 0 Å². The number of hydrogen-bond acceptors (Lipinski definition) is 1. The molecule has 3 atom stereocenters. The van der Waals surface area contributed by atoms with Gasteiger partial charge >= 0.3 is 0 Å². The largest absolute Gasteiger partial charge is 0.361 e. The average molecular weight is 357 g/mol. The lowest BCUT2D eigenvalue weighted by atomic mass is 9.64. The molecule has 1 aromatic heterocycles. The number of nitrogens with one attached hydrogen (secondary N) is 1. The van der Waals surface area contributed by atoms with Gasteiger partial charge in [0.05, 0.1) is 0 Å². The summed E-state index contributed by atoms with van der Waals surface area (Å²) in [5, 5.41) is 1.38. The predicted molar refractivity (Wildman–Crippen MR) is 113 cm³/mol. The summed E-state index contributed by atoms with van der Waals surface area (Å²) >= 11 is 0. The summed E-state index contributed by atoms with van der Waals surface area (Å²) in [6, 6.07) is 20.2. The van der Waals surface area contributed by atoms with Gasteiger partial charge in [0, 0.05) is 36.2 Å². The van der Waals surface area contributed by atoms with E-state index in [1.807, 2.05) is 0 Å². The van der Waals surface area contributed by atoms with Crippen LogP contribution in [0.5, 0.6) is 0 Å². The third-order valence-electron chi connectivity index (χ3n) is 6.66. The van der Waals surface area contributed by atoms with Crippen LogP contribution < -0.4 is 0 Å². The Hall–Kier alpha value is -2.32. The van der Waals surface area contributed by atoms with Gasteiger partial charge in [-0.1, -0.05) is 67.6 Å². The van der Waals surface area contributed by atoms with Crippen LogP contribution in [0.4, 0.5) is 0 Å². The van der Waals surface area contributed by atoms with Gasteiger partial charge in [-0.2, -0.15) is 0 Å². The Morgan fingerprint density at radius 2 is 1.85 bits per heavy atom. The molecule has 0 radical (unpaired) electrons. The first-order valence-electron chi connectivity index (χ1n) is 10.2. The molecule has 1 aliphatic carbocycles. The fourth-order valence-electron chi connectivity index (χ4n) is 5.46. The number of hydrogen-bond donors (Lipinski definition) is 1. The number of para-hydroxylation sites is 1. The highest BCUT2D eigenvalue weighted by molar-refractivity contribution is 5.83. The molecule has 27 heavy (non-hydrogen) atoms. The van der Waals surface area contributed by atoms with E-state index in [1.54, 1.807) is 0 Å². The third-order valence-corrected chi connectivity index (χ3v) is 6.66. The molecular formula is C25H28N2. The van der Waals surface area contributed by atoms with Gasteiger partial charge in [-0.3, -0.25) is 4.90 Å². The summed E-state index contributed by atoms with van der Waals surface area (Å²) in [7, 11) is 0. The van der Waals surface area contributed by atoms with Crippen molar-refractivity contribution in [1.29, 1.82) is 0 Å². The van der Waals surface area contributed by atoms with Crippen LogP contribution in [0.3, 0.4) is 0 Å². The van der Waals surface area contributed by atoms with E-state index in [0.29, 0.717) is 17.4 Å². The number of nitrogens with zero attached hydrogens (tertiary/aromatic N) is 1. The standard InChI is InChI=1S/C25H28N2/c1-25(15-19-7-3-2-4-8-19)16-20-11-12-24(25)27(18-20)14-13-21-17-26-23-10-6-5-9-22(21)23/h2-12,17,20,24,26H,13-16,18H2,1H3. The molecular weight excluding hydrogens is 328 g/mol. The Morgan fingerprint density at radius 1 is 1.04 bits per heavy atom. The molecule has 2 aliphatic heterocycles. The van der Waals surface area contributed by atoms with Crippen LogP contribution in [0.25, 0.3) is 10.9 Å². The molecule has 1 fully saturated rings. The van der Waals surface area contributed by atoms with Gasteiger partial charge in [0.15, 0.2) is 0 Å². The lowest BCUT2D eigenvalue weighted by Crippen LogP contribution is -2.56. The molecule has 3 aliphatic rings. The maximum Gasteiger partial charge on any atom is 0.0456 e. The van der Waals surface area contributed by atoms with Gasteiger partial charge in [-0.25, -0.2) is 0 Å². The Morgan fingerprint density at radius 3 is 2.70 bits per heavy atom. The van der Waals surface area contributed by atoms with E-state index in [-0.39, 0.29) is 0 Å². The predicted octanol–water partition coefficient (Wildman–Crippen LogP) is 5.22. The normalized spacial score (nSPS) is 27.4. The van der Waals surface area contributed by atoms with Crippen molar-refractivity contribution >= 4 is 10.9 Å². The average Bonchev–Trinajstić information content (AvgIpc) is 3.10. The molecule has 0 spiro atoms. The van der Waals surface area contributed by atoms with E-state index in [0.717, 1.165) is 13.0 Å². The van der Waals surface area contributed by atoms with Crippen molar-refractivity contribution in [2.24, 2.45) is 11.3 Å². The van der Waals surface area contributed by atoms with E-state index < -0.39 is 0 Å². The van der Waals surface area contributed by atoms with Gasteiger partial charge in [0.25, 0.3) is 0 Å². The zero-order chi connectivity index (χ0) is 18.3. The van der Waals surface area contributed by atoms with Crippen LogP contribution in [0, 0.1) is 11.3 Å². The highest BCUT2D eigenvalue weighted by atomic mass is 15.2. The lowest BCUT2D eigenvalue weighted by Gasteiger charge is -2.53. The van der Waals surface area contributed by atoms with E-state index in [9.17, 15) is 0 Å². The summed E-state index contributed by atoms with van der Waals surface area (Å²) < 4.78 is 0. The molecule has 2 heteroatoms. The molecule has 3 aromatic rings. The van der Waals surface area contributed by atoms with Crippen LogP contribution in [-0.2, 0) is 12.8 Å². The number of H-pyrrole nitrogens is 1. The smallest absolute Gasteiger partial charge is 0.0456 e. The van der Waals surface area contributed by atoms with Crippen LogP contribution in [-0.4, -0.2) is 29.0 Å². The zero-order valence-electron chi connectivity index (χ0n) is 16.1. The van der Waals surface area contributed by atoms with Gasteiger partial charge in [0.1, 0.15) is 0 Å². The molecule has 2 aromatic carbocycles. The first kappa shape index (κ1) is 16.8. The molecule has 6 rings (SSSR count). The highest BCUT2D eigenvalue weighted by Crippen LogP contribution is 2.45. The summed E-state index contributed by atoms with van der Waals surface area (Å²) in [4.78, 5) is 6.16. The molecule has 1 N–H and O–H groups in total. The maximum absolute atomic E-state index is 3.43. The molecule has 0 amide bonds. The van der Waals surface area contributed by atoms with Crippen molar-refractivity contribution in [2.45, 2.75) is 32.2 Å². The second kappa shape index (κ2) is 6.69.